The molecule has 2 aromatic carbocycles. The van der Waals surface area contributed by atoms with Crippen molar-refractivity contribution in [3.05, 3.63) is 125 Å². The van der Waals surface area contributed by atoms with Crippen LogP contribution < -0.4 is 21.1 Å². The van der Waals surface area contributed by atoms with Crippen LogP contribution in [0.25, 0.3) is 11.0 Å². The minimum atomic E-state index is -2.67. The molecule has 0 spiro atoms. The predicted octanol–water partition coefficient (Wildman–Crippen LogP) is 6.41. The zero-order valence-corrected chi connectivity index (χ0v) is 27.4. The highest BCUT2D eigenvalue weighted by Gasteiger charge is 2.51. The molecule has 1 saturated carbocycles. The first-order valence-electron chi connectivity index (χ1n) is 15.7. The maximum atomic E-state index is 13.5. The van der Waals surface area contributed by atoms with Gasteiger partial charge in [-0.1, -0.05) is 81.4 Å². The average molecular weight is 617 g/mol. The van der Waals surface area contributed by atoms with Crippen molar-refractivity contribution < 1.29 is 9.22 Å². The number of hydrogen-bond acceptors (Lipinski definition) is 5. The lowest BCUT2D eigenvalue weighted by atomic mass is 9.92. The molecule has 0 bridgehead atoms. The lowest BCUT2D eigenvalue weighted by Gasteiger charge is -2.46. The first kappa shape index (κ1) is 30.6. The number of pyridine rings is 3. The molecule has 1 N–H and O–H groups in total. The average Bonchev–Trinajstić information content (AvgIpc) is 3.05. The van der Waals surface area contributed by atoms with Crippen molar-refractivity contribution in [1.29, 1.82) is 0 Å². The van der Waals surface area contributed by atoms with Crippen molar-refractivity contribution in [1.82, 2.24) is 14.5 Å². The van der Waals surface area contributed by atoms with Gasteiger partial charge in [0.25, 0.3) is 14.2 Å². The number of aryl methyl sites for hydroxylation is 1. The van der Waals surface area contributed by atoms with E-state index < -0.39 is 14.2 Å². The van der Waals surface area contributed by atoms with Crippen LogP contribution in [0.1, 0.15) is 68.4 Å². The smallest absolute Gasteiger partial charge is 0.261 e. The minimum absolute atomic E-state index is 0.0798. The minimum Gasteiger partial charge on any atom is -0.404 e. The molecule has 1 aliphatic rings. The molecular formula is C37H40N4O3Si. The highest BCUT2D eigenvalue weighted by molar-refractivity contribution is 6.99. The van der Waals surface area contributed by atoms with E-state index >= 15 is 0 Å². The Morgan fingerprint density at radius 3 is 2.13 bits per heavy atom. The second kappa shape index (κ2) is 12.5. The highest BCUT2D eigenvalue weighted by Crippen LogP contribution is 2.40. The molecule has 1 aliphatic carbocycles. The predicted molar refractivity (Wildman–Crippen MR) is 183 cm³/mol. The molecule has 3 aromatic heterocycles. The largest absolute Gasteiger partial charge is 0.404 e. The molecule has 6 rings (SSSR count). The van der Waals surface area contributed by atoms with Crippen LogP contribution in [0.2, 0.25) is 5.04 Å². The molecule has 8 heteroatoms. The Kier molecular flexibility index (Phi) is 8.53. The van der Waals surface area contributed by atoms with Crippen molar-refractivity contribution in [2.75, 3.05) is 5.32 Å². The van der Waals surface area contributed by atoms with Gasteiger partial charge in [-0.05, 0) is 71.8 Å². The number of anilines is 1. The number of carbonyl (C=O) groups excluding carboxylic acids is 1. The summed E-state index contributed by atoms with van der Waals surface area (Å²) in [7, 11) is -2.67. The van der Waals surface area contributed by atoms with Crippen LogP contribution in [0.4, 0.5) is 5.69 Å². The zero-order chi connectivity index (χ0) is 31.6. The molecule has 0 unspecified atom stereocenters. The van der Waals surface area contributed by atoms with Crippen molar-refractivity contribution in [2.45, 2.75) is 70.6 Å². The van der Waals surface area contributed by atoms with E-state index in [1.165, 1.54) is 10.4 Å². The Labute approximate surface area is 265 Å². The van der Waals surface area contributed by atoms with Crippen LogP contribution in [0, 0.1) is 6.92 Å². The Bertz CT molecular complexity index is 1820. The van der Waals surface area contributed by atoms with Crippen LogP contribution >= 0.6 is 0 Å². The van der Waals surface area contributed by atoms with Crippen molar-refractivity contribution in [3.8, 4) is 0 Å². The van der Waals surface area contributed by atoms with E-state index in [2.05, 4.69) is 96.7 Å². The molecule has 1 amide bonds. The summed E-state index contributed by atoms with van der Waals surface area (Å²) in [6, 6.07) is 26.8. The van der Waals surface area contributed by atoms with Gasteiger partial charge in [-0.15, -0.1) is 0 Å². The molecule has 0 saturated heterocycles. The lowest BCUT2D eigenvalue weighted by Crippen LogP contribution is -2.67. The van der Waals surface area contributed by atoms with Crippen LogP contribution in [-0.4, -0.2) is 34.9 Å². The third-order valence-electron chi connectivity index (χ3n) is 9.10. The Morgan fingerprint density at radius 2 is 1.53 bits per heavy atom. The van der Waals surface area contributed by atoms with E-state index in [0.29, 0.717) is 16.7 Å². The fourth-order valence-electron chi connectivity index (χ4n) is 6.81. The van der Waals surface area contributed by atoms with Crippen LogP contribution in [-0.2, 0) is 4.43 Å². The molecule has 5 aromatic rings. The summed E-state index contributed by atoms with van der Waals surface area (Å²) in [6.07, 6.45) is 10.2. The fourth-order valence-corrected chi connectivity index (χ4v) is 11.6. The molecule has 0 atom stereocenters. The van der Waals surface area contributed by atoms with Gasteiger partial charge in [-0.3, -0.25) is 14.6 Å². The summed E-state index contributed by atoms with van der Waals surface area (Å²) in [5, 5.41) is 5.82. The van der Waals surface area contributed by atoms with E-state index in [1.807, 2.05) is 11.5 Å². The number of carbonyl (C=O) groups is 1. The summed E-state index contributed by atoms with van der Waals surface area (Å²) in [5.74, 6) is -0.433. The summed E-state index contributed by atoms with van der Waals surface area (Å²) in [5.41, 5.74) is 1.86. The molecular weight excluding hydrogens is 577 g/mol. The Hall–Kier alpha value is -4.40. The SMILES string of the molecule is Cc1cnccc1NC(=O)c1cn([C@H]2CC[C@H](O[Si](c3ccccc3)(c3ccccc3)C(C)(C)C)CC2)c2ncccc2c1=O. The summed E-state index contributed by atoms with van der Waals surface area (Å²) < 4.78 is 9.49. The van der Waals surface area contributed by atoms with Gasteiger partial charge in [0.1, 0.15) is 11.2 Å². The number of benzene rings is 2. The van der Waals surface area contributed by atoms with E-state index in [1.54, 1.807) is 43.0 Å². The first-order chi connectivity index (χ1) is 21.7. The summed E-state index contributed by atoms with van der Waals surface area (Å²) in [6.45, 7) is 8.80. The maximum Gasteiger partial charge on any atom is 0.261 e. The monoisotopic (exact) mass is 616 g/mol. The standard InChI is InChI=1S/C37H40N4O3Si/c1-26-24-38-23-21-33(26)40-36(43)32-25-41(35-31(34(32)42)16-11-22-39-35)27-17-19-28(20-18-27)44-45(37(2,3)4,29-12-7-5-8-13-29)30-14-9-6-10-15-30/h5-16,21-25,27-28H,17-20H2,1-4H3,(H,38,40,43)/t27-,28-. The molecule has 45 heavy (non-hydrogen) atoms. The van der Waals surface area contributed by atoms with Gasteiger partial charge < -0.3 is 14.3 Å². The number of fused-ring (bicyclic) bond motifs is 1. The Balaban J connectivity index is 1.31. The fraction of sp³-hybridized carbons (Fsp3) is 0.297. The molecule has 0 radical (unpaired) electrons. The molecule has 1 fully saturated rings. The van der Waals surface area contributed by atoms with E-state index in [9.17, 15) is 9.59 Å². The van der Waals surface area contributed by atoms with Gasteiger partial charge in [-0.2, -0.15) is 0 Å². The second-order valence-electron chi connectivity index (χ2n) is 13.0. The summed E-state index contributed by atoms with van der Waals surface area (Å²) >= 11 is 0. The van der Waals surface area contributed by atoms with Crippen LogP contribution in [0.15, 0.2) is 108 Å². The summed E-state index contributed by atoms with van der Waals surface area (Å²) in [4.78, 5) is 35.7. The van der Waals surface area contributed by atoms with E-state index in [4.69, 9.17) is 4.43 Å². The van der Waals surface area contributed by atoms with Crippen molar-refractivity contribution >= 4 is 41.3 Å². The number of aromatic nitrogens is 3. The molecule has 7 nitrogen and oxygen atoms in total. The molecule has 3 heterocycles. The van der Waals surface area contributed by atoms with E-state index in [-0.39, 0.29) is 28.2 Å². The van der Waals surface area contributed by atoms with Gasteiger partial charge in [0, 0.05) is 42.6 Å². The van der Waals surface area contributed by atoms with Crippen molar-refractivity contribution in [2.24, 2.45) is 0 Å². The number of nitrogens with zero attached hydrogens (tertiary/aromatic N) is 3. The number of hydrogen-bond donors (Lipinski definition) is 1. The topological polar surface area (TPSA) is 86.1 Å². The van der Waals surface area contributed by atoms with Gasteiger partial charge in [0.05, 0.1) is 5.39 Å². The zero-order valence-electron chi connectivity index (χ0n) is 26.4. The Morgan fingerprint density at radius 1 is 0.889 bits per heavy atom. The molecule has 230 valence electrons. The van der Waals surface area contributed by atoms with Crippen molar-refractivity contribution in [3.63, 3.8) is 0 Å². The quantitative estimate of drug-likeness (QED) is 0.214. The van der Waals surface area contributed by atoms with Gasteiger partial charge in [0.2, 0.25) is 5.43 Å². The first-order valence-corrected chi connectivity index (χ1v) is 17.6. The normalized spacial score (nSPS) is 17.2. The van der Waals surface area contributed by atoms with Gasteiger partial charge >= 0.3 is 0 Å². The highest BCUT2D eigenvalue weighted by atomic mass is 28.4. The number of nitrogens with one attached hydrogen (secondary N) is 1. The maximum absolute atomic E-state index is 13.5. The third-order valence-corrected chi connectivity index (χ3v) is 14.2. The van der Waals surface area contributed by atoms with Gasteiger partial charge in [-0.25, -0.2) is 4.98 Å². The number of rotatable bonds is 7. The second-order valence-corrected chi connectivity index (χ2v) is 17.3. The third kappa shape index (κ3) is 5.88. The number of amides is 1. The lowest BCUT2D eigenvalue weighted by molar-refractivity contribution is 0.102. The molecule has 0 aliphatic heterocycles. The van der Waals surface area contributed by atoms with Crippen LogP contribution in [0.5, 0.6) is 0 Å². The van der Waals surface area contributed by atoms with Gasteiger partial charge in [0.15, 0.2) is 0 Å². The van der Waals surface area contributed by atoms with Crippen LogP contribution in [0.3, 0.4) is 0 Å². The van der Waals surface area contributed by atoms with E-state index in [0.717, 1.165) is 31.2 Å².